The Balaban J connectivity index is 1.41. The van der Waals surface area contributed by atoms with Gasteiger partial charge in [0.25, 0.3) is 0 Å². The van der Waals surface area contributed by atoms with Crippen LogP contribution in [0.1, 0.15) is 43.2 Å². The summed E-state index contributed by atoms with van der Waals surface area (Å²) >= 11 is 0. The van der Waals surface area contributed by atoms with Crippen molar-refractivity contribution in [2.45, 2.75) is 51.3 Å². The van der Waals surface area contributed by atoms with E-state index in [9.17, 15) is 9.90 Å². The van der Waals surface area contributed by atoms with Crippen LogP contribution in [0.15, 0.2) is 24.3 Å². The lowest BCUT2D eigenvalue weighted by molar-refractivity contribution is 0.114. The minimum atomic E-state index is -0.251. The monoisotopic (exact) mass is 345 g/mol. The van der Waals surface area contributed by atoms with E-state index in [2.05, 4.69) is 34.5 Å². The number of nitrogens with zero attached hydrogens (tertiary/aromatic N) is 2. The van der Waals surface area contributed by atoms with Gasteiger partial charge in [0.15, 0.2) is 0 Å². The summed E-state index contributed by atoms with van der Waals surface area (Å²) in [4.78, 5) is 16.4. The lowest BCUT2D eigenvalue weighted by Crippen LogP contribution is -2.40. The Morgan fingerprint density at radius 2 is 1.84 bits per heavy atom. The maximum absolute atomic E-state index is 12.2. The molecule has 1 heterocycles. The van der Waals surface area contributed by atoms with Gasteiger partial charge in [-0.15, -0.1) is 0 Å². The Morgan fingerprint density at radius 1 is 1.16 bits per heavy atom. The number of benzene rings is 1. The Bertz CT molecular complexity index is 555. The van der Waals surface area contributed by atoms with E-state index in [0.717, 1.165) is 31.4 Å². The quantitative estimate of drug-likeness (QED) is 0.833. The van der Waals surface area contributed by atoms with Gasteiger partial charge in [0.2, 0.25) is 0 Å². The van der Waals surface area contributed by atoms with Gasteiger partial charge < -0.3 is 15.3 Å². The Labute approximate surface area is 151 Å². The van der Waals surface area contributed by atoms with Gasteiger partial charge in [0.1, 0.15) is 0 Å². The van der Waals surface area contributed by atoms with Crippen molar-refractivity contribution in [2.75, 3.05) is 26.7 Å². The van der Waals surface area contributed by atoms with E-state index in [1.807, 2.05) is 0 Å². The Kier molecular flexibility index (Phi) is 6.32. The number of likely N-dealkylation sites (tertiary alicyclic amines) is 1. The fourth-order valence-electron chi connectivity index (χ4n) is 3.94. The number of hydrogen-bond donors (Lipinski definition) is 2. The van der Waals surface area contributed by atoms with Crippen LogP contribution in [0, 0.1) is 5.92 Å². The summed E-state index contributed by atoms with van der Waals surface area (Å²) < 4.78 is 0. The molecule has 1 saturated heterocycles. The van der Waals surface area contributed by atoms with Gasteiger partial charge in [0.05, 0.1) is 6.10 Å². The maximum Gasteiger partial charge on any atom is 0.317 e. The summed E-state index contributed by atoms with van der Waals surface area (Å²) in [5.74, 6) is 0.223. The highest BCUT2D eigenvalue weighted by molar-refractivity contribution is 5.73. The number of aliphatic hydroxyl groups is 1. The van der Waals surface area contributed by atoms with Crippen molar-refractivity contribution in [1.29, 1.82) is 0 Å². The predicted octanol–water partition coefficient (Wildman–Crippen LogP) is 2.58. The van der Waals surface area contributed by atoms with Crippen molar-refractivity contribution in [2.24, 2.45) is 5.92 Å². The molecule has 1 aliphatic heterocycles. The van der Waals surface area contributed by atoms with Crippen LogP contribution in [0.25, 0.3) is 0 Å². The van der Waals surface area contributed by atoms with E-state index in [1.54, 1.807) is 11.9 Å². The van der Waals surface area contributed by atoms with E-state index >= 15 is 0 Å². The summed E-state index contributed by atoms with van der Waals surface area (Å²) in [6, 6.07) is 8.47. The van der Waals surface area contributed by atoms with Crippen LogP contribution < -0.4 is 5.32 Å². The fourth-order valence-corrected chi connectivity index (χ4v) is 3.94. The molecular weight excluding hydrogens is 314 g/mol. The molecule has 2 fully saturated rings. The highest BCUT2D eigenvalue weighted by Gasteiger charge is 2.27. The zero-order valence-electron chi connectivity index (χ0n) is 15.3. The topological polar surface area (TPSA) is 55.8 Å². The van der Waals surface area contributed by atoms with Gasteiger partial charge in [0, 0.05) is 32.6 Å². The fraction of sp³-hybridized carbons (Fsp3) is 0.650. The molecule has 0 bridgehead atoms. The molecule has 2 N–H and O–H groups in total. The molecular formula is C20H31N3O2. The van der Waals surface area contributed by atoms with Gasteiger partial charge in [-0.3, -0.25) is 4.90 Å². The van der Waals surface area contributed by atoms with E-state index in [1.165, 1.54) is 31.5 Å². The minimum Gasteiger partial charge on any atom is -0.393 e. The summed E-state index contributed by atoms with van der Waals surface area (Å²) in [7, 11) is 1.81. The molecule has 0 radical (unpaired) electrons. The molecule has 0 aromatic heterocycles. The average Bonchev–Trinajstić information content (AvgIpc) is 3.26. The molecule has 1 aromatic rings. The van der Waals surface area contributed by atoms with Crippen molar-refractivity contribution < 1.29 is 9.90 Å². The summed E-state index contributed by atoms with van der Waals surface area (Å²) in [6.07, 6.45) is 5.32. The van der Waals surface area contributed by atoms with Gasteiger partial charge in [-0.05, 0) is 49.9 Å². The van der Waals surface area contributed by atoms with Gasteiger partial charge in [-0.25, -0.2) is 4.79 Å². The van der Waals surface area contributed by atoms with Crippen LogP contribution in [0.4, 0.5) is 4.79 Å². The molecule has 1 aliphatic carbocycles. The van der Waals surface area contributed by atoms with Gasteiger partial charge in [-0.2, -0.15) is 0 Å². The molecule has 1 aromatic carbocycles. The number of hydrogen-bond acceptors (Lipinski definition) is 3. The van der Waals surface area contributed by atoms with Gasteiger partial charge in [-0.1, -0.05) is 30.7 Å². The first kappa shape index (κ1) is 18.2. The highest BCUT2D eigenvalue weighted by atomic mass is 16.3. The molecule has 138 valence electrons. The zero-order chi connectivity index (χ0) is 17.6. The summed E-state index contributed by atoms with van der Waals surface area (Å²) in [5, 5.41) is 12.9. The zero-order valence-corrected chi connectivity index (χ0v) is 15.3. The van der Waals surface area contributed by atoms with Crippen molar-refractivity contribution in [3.05, 3.63) is 35.4 Å². The van der Waals surface area contributed by atoms with Crippen molar-refractivity contribution >= 4 is 6.03 Å². The first-order chi connectivity index (χ1) is 12.1. The standard InChI is InChI=1S/C20H31N3O2/c1-22(15-18-5-4-6-19(18)24)20(25)21-13-16-7-9-17(10-8-16)14-23-11-2-3-12-23/h7-10,18-19,24H,2-6,11-15H2,1H3,(H,21,25)/t18-,19-/m1/s1. The first-order valence-electron chi connectivity index (χ1n) is 9.59. The molecule has 5 nitrogen and oxygen atoms in total. The van der Waals surface area contributed by atoms with E-state index < -0.39 is 0 Å². The number of urea groups is 1. The number of carbonyl (C=O) groups excluding carboxylic acids is 1. The molecule has 2 aliphatic rings. The molecule has 3 rings (SSSR count). The van der Waals surface area contributed by atoms with Crippen LogP contribution in [0.5, 0.6) is 0 Å². The molecule has 2 amide bonds. The molecule has 1 saturated carbocycles. The third-order valence-corrected chi connectivity index (χ3v) is 5.55. The predicted molar refractivity (Wildman–Crippen MR) is 99.2 cm³/mol. The van der Waals surface area contributed by atoms with Crippen molar-refractivity contribution in [3.8, 4) is 0 Å². The smallest absolute Gasteiger partial charge is 0.317 e. The van der Waals surface area contributed by atoms with Crippen LogP contribution in [-0.4, -0.2) is 53.7 Å². The first-order valence-corrected chi connectivity index (χ1v) is 9.59. The number of rotatable bonds is 6. The summed E-state index contributed by atoms with van der Waals surface area (Å²) in [6.45, 7) is 4.61. The highest BCUT2D eigenvalue weighted by Crippen LogP contribution is 2.25. The Hall–Kier alpha value is -1.59. The van der Waals surface area contributed by atoms with Crippen LogP contribution in [-0.2, 0) is 13.1 Å². The second-order valence-electron chi connectivity index (χ2n) is 7.60. The molecule has 2 atom stereocenters. The summed E-state index contributed by atoms with van der Waals surface area (Å²) in [5.41, 5.74) is 2.46. The molecule has 25 heavy (non-hydrogen) atoms. The van der Waals surface area contributed by atoms with Crippen molar-refractivity contribution in [1.82, 2.24) is 15.1 Å². The van der Waals surface area contributed by atoms with Gasteiger partial charge >= 0.3 is 6.03 Å². The number of aliphatic hydroxyl groups excluding tert-OH is 1. The lowest BCUT2D eigenvalue weighted by Gasteiger charge is -2.23. The van der Waals surface area contributed by atoms with E-state index in [0.29, 0.717) is 13.1 Å². The SMILES string of the molecule is CN(C[C@H]1CCC[C@H]1O)C(=O)NCc1ccc(CN2CCCC2)cc1. The minimum absolute atomic E-state index is 0.0692. The Morgan fingerprint density at radius 3 is 2.48 bits per heavy atom. The van der Waals surface area contributed by atoms with Crippen LogP contribution in [0.2, 0.25) is 0 Å². The largest absolute Gasteiger partial charge is 0.393 e. The van der Waals surface area contributed by atoms with E-state index in [-0.39, 0.29) is 18.1 Å². The number of amides is 2. The molecule has 5 heteroatoms. The third kappa shape index (κ3) is 5.19. The average molecular weight is 345 g/mol. The number of carbonyl (C=O) groups is 1. The second-order valence-corrected chi connectivity index (χ2v) is 7.60. The van der Waals surface area contributed by atoms with Crippen LogP contribution in [0.3, 0.4) is 0 Å². The normalized spacial score (nSPS) is 23.8. The maximum atomic E-state index is 12.2. The second kappa shape index (κ2) is 8.68. The lowest BCUT2D eigenvalue weighted by atomic mass is 10.1. The van der Waals surface area contributed by atoms with Crippen LogP contribution >= 0.6 is 0 Å². The number of nitrogens with one attached hydrogen (secondary N) is 1. The molecule has 0 spiro atoms. The van der Waals surface area contributed by atoms with E-state index in [4.69, 9.17) is 0 Å². The third-order valence-electron chi connectivity index (χ3n) is 5.55. The molecule has 0 unspecified atom stereocenters. The van der Waals surface area contributed by atoms with Crippen molar-refractivity contribution in [3.63, 3.8) is 0 Å².